The standard InChI is InChI=1S/C40H66O5SSi/c1-27-14-17-32(18-15-27)46(42,43)45-31-20-22-39(7)30(24-31)16-19-33-34(39)21-23-40(8)35(33)25-36(41)37(40)29(3)13-11-12-28(2)26-44-47(9,10)38(4,5)6/h14-18,28-29,31,33-37,41H,11-13,19-26H2,1-10H3/t28-,29-,31?,33-,34+,35+,36+,37+,39+,40+/m1/s1. The summed E-state index contributed by atoms with van der Waals surface area (Å²) >= 11 is 0. The highest BCUT2D eigenvalue weighted by atomic mass is 32.2. The fourth-order valence-electron chi connectivity index (χ4n) is 10.3. The zero-order valence-corrected chi connectivity index (χ0v) is 33.1. The second kappa shape index (κ2) is 13.6. The number of hydrogen-bond acceptors (Lipinski definition) is 5. The Morgan fingerprint density at radius 2 is 1.70 bits per heavy atom. The molecule has 7 heteroatoms. The van der Waals surface area contributed by atoms with Crippen molar-refractivity contribution in [2.24, 2.45) is 46.3 Å². The first-order valence-electron chi connectivity index (χ1n) is 18.8. The predicted molar refractivity (Wildman–Crippen MR) is 195 cm³/mol. The quantitative estimate of drug-likeness (QED) is 0.143. The summed E-state index contributed by atoms with van der Waals surface area (Å²) in [6.45, 7) is 24.2. The maximum absolute atomic E-state index is 13.1. The van der Waals surface area contributed by atoms with E-state index < -0.39 is 18.4 Å². The first kappa shape index (κ1) is 37.3. The smallest absolute Gasteiger partial charge is 0.297 e. The highest BCUT2D eigenvalue weighted by Gasteiger charge is 2.61. The van der Waals surface area contributed by atoms with E-state index in [1.807, 2.05) is 19.1 Å². The van der Waals surface area contributed by atoms with Crippen molar-refractivity contribution < 1.29 is 22.1 Å². The fourth-order valence-corrected chi connectivity index (χ4v) is 12.6. The Balaban J connectivity index is 1.19. The van der Waals surface area contributed by atoms with E-state index in [4.69, 9.17) is 8.61 Å². The highest BCUT2D eigenvalue weighted by molar-refractivity contribution is 7.86. The third-order valence-corrected chi connectivity index (χ3v) is 20.1. The van der Waals surface area contributed by atoms with Crippen LogP contribution in [0.25, 0.3) is 0 Å². The first-order valence-corrected chi connectivity index (χ1v) is 23.1. The van der Waals surface area contributed by atoms with Crippen LogP contribution in [-0.2, 0) is 18.7 Å². The van der Waals surface area contributed by atoms with E-state index in [9.17, 15) is 13.5 Å². The maximum atomic E-state index is 13.1. The molecular formula is C40H66O5SSi. The van der Waals surface area contributed by atoms with Crippen molar-refractivity contribution in [1.82, 2.24) is 0 Å². The molecule has 4 aliphatic rings. The van der Waals surface area contributed by atoms with Gasteiger partial charge in [-0.1, -0.05) is 90.7 Å². The Morgan fingerprint density at radius 1 is 1.02 bits per heavy atom. The van der Waals surface area contributed by atoms with Gasteiger partial charge in [-0.15, -0.1) is 0 Å². The highest BCUT2D eigenvalue weighted by Crippen LogP contribution is 2.67. The van der Waals surface area contributed by atoms with Gasteiger partial charge in [0.1, 0.15) is 0 Å². The van der Waals surface area contributed by atoms with Gasteiger partial charge in [0.2, 0.25) is 0 Å². The average molecular weight is 687 g/mol. The van der Waals surface area contributed by atoms with E-state index in [1.54, 1.807) is 12.1 Å². The lowest BCUT2D eigenvalue weighted by molar-refractivity contribution is -0.0606. The number of rotatable bonds is 11. The molecule has 1 aromatic carbocycles. The molecule has 3 saturated carbocycles. The molecular weight excluding hydrogens is 621 g/mol. The van der Waals surface area contributed by atoms with Crippen molar-refractivity contribution in [1.29, 1.82) is 0 Å². The first-order chi connectivity index (χ1) is 21.8. The fraction of sp³-hybridized carbons (Fsp3) is 0.800. The Hall–Kier alpha value is -0.993. The van der Waals surface area contributed by atoms with Crippen molar-refractivity contribution in [3.8, 4) is 0 Å². The van der Waals surface area contributed by atoms with Crippen LogP contribution in [0.5, 0.6) is 0 Å². The Labute approximate surface area is 288 Å². The van der Waals surface area contributed by atoms with E-state index in [-0.39, 0.29) is 33.0 Å². The Morgan fingerprint density at radius 3 is 2.36 bits per heavy atom. The molecule has 47 heavy (non-hydrogen) atoms. The van der Waals surface area contributed by atoms with Gasteiger partial charge in [-0.3, -0.25) is 4.18 Å². The lowest BCUT2D eigenvalue weighted by atomic mass is 9.47. The molecule has 0 radical (unpaired) electrons. The molecule has 266 valence electrons. The second-order valence-corrected chi connectivity index (χ2v) is 24.8. The molecule has 1 unspecified atom stereocenters. The Kier molecular flexibility index (Phi) is 10.8. The largest absolute Gasteiger partial charge is 0.417 e. The number of aliphatic hydroxyl groups excluding tert-OH is 1. The van der Waals surface area contributed by atoms with E-state index in [2.05, 4.69) is 67.6 Å². The minimum Gasteiger partial charge on any atom is -0.417 e. The third kappa shape index (κ3) is 7.41. The van der Waals surface area contributed by atoms with Gasteiger partial charge < -0.3 is 9.53 Å². The van der Waals surface area contributed by atoms with E-state index in [0.717, 1.165) is 37.9 Å². The lowest BCUT2D eigenvalue weighted by Crippen LogP contribution is -2.51. The van der Waals surface area contributed by atoms with Crippen molar-refractivity contribution in [3.63, 3.8) is 0 Å². The summed E-state index contributed by atoms with van der Waals surface area (Å²) in [5.41, 5.74) is 2.72. The molecule has 1 N–H and O–H groups in total. The van der Waals surface area contributed by atoms with E-state index >= 15 is 0 Å². The number of aryl methyl sites for hydroxylation is 1. The van der Waals surface area contributed by atoms with Crippen LogP contribution in [0.2, 0.25) is 18.1 Å². The van der Waals surface area contributed by atoms with Gasteiger partial charge in [-0.2, -0.15) is 8.42 Å². The molecule has 0 saturated heterocycles. The summed E-state index contributed by atoms with van der Waals surface area (Å²) < 4.78 is 38.5. The van der Waals surface area contributed by atoms with Crippen LogP contribution in [0, 0.1) is 53.3 Å². The van der Waals surface area contributed by atoms with Gasteiger partial charge in [0.15, 0.2) is 8.32 Å². The van der Waals surface area contributed by atoms with Gasteiger partial charge >= 0.3 is 0 Å². The van der Waals surface area contributed by atoms with Gasteiger partial charge in [0.05, 0.1) is 17.1 Å². The molecule has 0 bridgehead atoms. The number of allylic oxidation sites excluding steroid dienone is 1. The number of hydrogen-bond donors (Lipinski definition) is 1. The van der Waals surface area contributed by atoms with Gasteiger partial charge in [0, 0.05) is 6.61 Å². The minimum absolute atomic E-state index is 0.0923. The minimum atomic E-state index is -3.78. The molecule has 10 atom stereocenters. The molecule has 0 amide bonds. The van der Waals surface area contributed by atoms with Crippen LogP contribution < -0.4 is 0 Å². The molecule has 0 spiro atoms. The molecule has 5 rings (SSSR count). The number of benzene rings is 1. The second-order valence-electron chi connectivity index (χ2n) is 18.4. The summed E-state index contributed by atoms with van der Waals surface area (Å²) in [6, 6.07) is 6.96. The van der Waals surface area contributed by atoms with E-state index in [0.29, 0.717) is 41.9 Å². The average Bonchev–Trinajstić information content (AvgIpc) is 3.25. The lowest BCUT2D eigenvalue weighted by Gasteiger charge is -2.58. The third-order valence-electron chi connectivity index (χ3n) is 14.2. The van der Waals surface area contributed by atoms with Crippen LogP contribution in [0.4, 0.5) is 0 Å². The predicted octanol–water partition coefficient (Wildman–Crippen LogP) is 10.1. The van der Waals surface area contributed by atoms with Gasteiger partial charge in [0.25, 0.3) is 10.1 Å². The van der Waals surface area contributed by atoms with Crippen LogP contribution in [0.3, 0.4) is 0 Å². The van der Waals surface area contributed by atoms with Crippen LogP contribution in [0.1, 0.15) is 118 Å². The SMILES string of the molecule is Cc1ccc(S(=O)(=O)OC2CC[C@@]3(C)C(=CC[C@H]4[C@@H]5C[C@H](O)[C@H]([C@H](C)CCC[C@@H](C)CO[Si](C)(C)C(C)(C)C)[C@@]5(C)CC[C@@H]43)C2)cc1. The number of aliphatic hydroxyl groups is 1. The zero-order chi connectivity index (χ0) is 34.6. The van der Waals surface area contributed by atoms with Crippen molar-refractivity contribution >= 4 is 18.4 Å². The molecule has 5 nitrogen and oxygen atoms in total. The zero-order valence-electron chi connectivity index (χ0n) is 31.3. The van der Waals surface area contributed by atoms with Crippen LogP contribution in [0.15, 0.2) is 40.8 Å². The van der Waals surface area contributed by atoms with Gasteiger partial charge in [-0.25, -0.2) is 0 Å². The van der Waals surface area contributed by atoms with Crippen LogP contribution >= 0.6 is 0 Å². The Bertz CT molecular complexity index is 1380. The maximum Gasteiger partial charge on any atom is 0.297 e. The summed E-state index contributed by atoms with van der Waals surface area (Å²) in [6.07, 6.45) is 12.3. The van der Waals surface area contributed by atoms with Crippen molar-refractivity contribution in [3.05, 3.63) is 41.5 Å². The molecule has 3 fully saturated rings. The summed E-state index contributed by atoms with van der Waals surface area (Å²) in [5.74, 6) is 3.18. The monoisotopic (exact) mass is 686 g/mol. The van der Waals surface area contributed by atoms with Crippen molar-refractivity contribution in [2.75, 3.05) is 6.61 Å². The molecule has 4 aliphatic carbocycles. The van der Waals surface area contributed by atoms with Crippen LogP contribution in [-0.4, -0.2) is 40.7 Å². The molecule has 0 aliphatic heterocycles. The summed E-state index contributed by atoms with van der Waals surface area (Å²) in [7, 11) is -5.50. The van der Waals surface area contributed by atoms with E-state index in [1.165, 1.54) is 37.7 Å². The molecule has 0 heterocycles. The summed E-state index contributed by atoms with van der Waals surface area (Å²) in [5, 5.41) is 11.9. The van der Waals surface area contributed by atoms with Crippen molar-refractivity contribution in [2.45, 2.75) is 155 Å². The summed E-state index contributed by atoms with van der Waals surface area (Å²) in [4.78, 5) is 0.245. The number of fused-ring (bicyclic) bond motifs is 5. The molecule has 0 aromatic heterocycles. The van der Waals surface area contributed by atoms with Gasteiger partial charge in [-0.05, 0) is 135 Å². The topological polar surface area (TPSA) is 72.8 Å². The normalized spacial score (nSPS) is 35.8. The molecule has 1 aromatic rings.